The lowest BCUT2D eigenvalue weighted by atomic mass is 10.3. The first-order chi connectivity index (χ1) is 5.77. The average Bonchev–Trinajstić information content (AvgIpc) is 2.58. The van der Waals surface area contributed by atoms with Crippen LogP contribution in [0.2, 0.25) is 0 Å². The predicted molar refractivity (Wildman–Crippen MR) is 48.7 cm³/mol. The fourth-order valence-electron chi connectivity index (χ4n) is 0.985. The summed E-state index contributed by atoms with van der Waals surface area (Å²) in [5, 5.41) is 5.75. The first-order valence-electron chi connectivity index (χ1n) is 3.27. The van der Waals surface area contributed by atoms with E-state index in [-0.39, 0.29) is 11.9 Å². The molecule has 0 bridgehead atoms. The molecule has 0 radical (unpaired) electrons. The molecule has 2 rings (SSSR count). The van der Waals surface area contributed by atoms with E-state index >= 15 is 0 Å². The lowest BCUT2D eigenvalue weighted by Crippen LogP contribution is -2.21. The van der Waals surface area contributed by atoms with Crippen LogP contribution in [-0.4, -0.2) is 16.0 Å². The van der Waals surface area contributed by atoms with Crippen molar-refractivity contribution in [2.75, 3.05) is 0 Å². The highest BCUT2D eigenvalue weighted by Gasteiger charge is 2.29. The molecule has 1 atom stereocenters. The van der Waals surface area contributed by atoms with Crippen LogP contribution in [0.15, 0.2) is 11.7 Å². The van der Waals surface area contributed by atoms with Crippen molar-refractivity contribution in [3.05, 3.63) is 16.6 Å². The minimum atomic E-state index is -0.343. The molecule has 2 heterocycles. The van der Waals surface area contributed by atoms with Crippen LogP contribution in [0.1, 0.15) is 10.9 Å². The molecule has 1 saturated heterocycles. The normalized spacial score (nSPS) is 22.2. The molecule has 0 aromatic carbocycles. The van der Waals surface area contributed by atoms with Crippen molar-refractivity contribution >= 4 is 34.6 Å². The van der Waals surface area contributed by atoms with Gasteiger partial charge in [0.1, 0.15) is 6.04 Å². The monoisotopic (exact) mass is 199 g/mol. The van der Waals surface area contributed by atoms with Gasteiger partial charge in [0.15, 0.2) is 5.11 Å². The lowest BCUT2D eigenvalue weighted by molar-refractivity contribution is -0.120. The summed E-state index contributed by atoms with van der Waals surface area (Å²) in [6, 6.07) is -0.343. The van der Waals surface area contributed by atoms with Gasteiger partial charge in [-0.1, -0.05) is 0 Å². The van der Waals surface area contributed by atoms with Crippen molar-refractivity contribution in [3.63, 3.8) is 0 Å². The summed E-state index contributed by atoms with van der Waals surface area (Å²) in [6.45, 7) is 0. The minimum Gasteiger partial charge on any atom is -0.346 e. The number of thiazole rings is 1. The molecular formula is C6H5N3OS2. The van der Waals surface area contributed by atoms with Crippen LogP contribution in [0.25, 0.3) is 0 Å². The Kier molecular flexibility index (Phi) is 1.78. The number of hydrogen-bond acceptors (Lipinski definition) is 4. The molecule has 1 aliphatic rings. The van der Waals surface area contributed by atoms with Crippen molar-refractivity contribution < 1.29 is 4.79 Å². The van der Waals surface area contributed by atoms with E-state index in [1.54, 1.807) is 11.7 Å². The zero-order valence-electron chi connectivity index (χ0n) is 5.90. The standard InChI is InChI=1S/C6H5N3OS2/c10-5-4(8-6(11)9-5)3-1-7-2-12-3/h1-2,4H,(H2,8,9,10,11). The van der Waals surface area contributed by atoms with E-state index in [0.29, 0.717) is 5.11 Å². The Morgan fingerprint density at radius 2 is 2.50 bits per heavy atom. The van der Waals surface area contributed by atoms with E-state index in [0.717, 1.165) is 4.88 Å². The summed E-state index contributed by atoms with van der Waals surface area (Å²) in [7, 11) is 0. The number of nitrogens with one attached hydrogen (secondary N) is 2. The van der Waals surface area contributed by atoms with Crippen LogP contribution in [0, 0.1) is 0 Å². The molecule has 6 heteroatoms. The maximum absolute atomic E-state index is 11.2. The van der Waals surface area contributed by atoms with Gasteiger partial charge in [0.2, 0.25) is 0 Å². The first kappa shape index (κ1) is 7.63. The number of carbonyl (C=O) groups excluding carboxylic acids is 1. The Balaban J connectivity index is 2.26. The van der Waals surface area contributed by atoms with Crippen LogP contribution < -0.4 is 10.6 Å². The molecular weight excluding hydrogens is 194 g/mol. The second-order valence-electron chi connectivity index (χ2n) is 2.30. The molecule has 1 aliphatic heterocycles. The number of nitrogens with zero attached hydrogens (tertiary/aromatic N) is 1. The van der Waals surface area contributed by atoms with Gasteiger partial charge in [0.25, 0.3) is 5.91 Å². The average molecular weight is 199 g/mol. The highest BCUT2D eigenvalue weighted by molar-refractivity contribution is 7.80. The number of amides is 1. The Bertz CT molecular complexity index is 322. The molecule has 1 aromatic heterocycles. The number of hydrogen-bond donors (Lipinski definition) is 2. The van der Waals surface area contributed by atoms with E-state index in [4.69, 9.17) is 12.2 Å². The second-order valence-corrected chi connectivity index (χ2v) is 3.63. The van der Waals surface area contributed by atoms with E-state index < -0.39 is 0 Å². The molecule has 1 amide bonds. The topological polar surface area (TPSA) is 54.0 Å². The summed E-state index contributed by atoms with van der Waals surface area (Å²) in [5.74, 6) is -0.107. The summed E-state index contributed by atoms with van der Waals surface area (Å²) in [4.78, 5) is 16.0. The third-order valence-corrected chi connectivity index (χ3v) is 2.57. The Labute approximate surface area is 78.0 Å². The summed E-state index contributed by atoms with van der Waals surface area (Å²) < 4.78 is 0. The largest absolute Gasteiger partial charge is 0.346 e. The molecule has 1 fully saturated rings. The maximum atomic E-state index is 11.2. The van der Waals surface area contributed by atoms with Gasteiger partial charge in [-0.2, -0.15) is 0 Å². The van der Waals surface area contributed by atoms with Gasteiger partial charge in [-0.15, -0.1) is 11.3 Å². The molecule has 0 aliphatic carbocycles. The Morgan fingerprint density at radius 3 is 3.00 bits per heavy atom. The van der Waals surface area contributed by atoms with Crippen LogP contribution >= 0.6 is 23.6 Å². The smallest absolute Gasteiger partial charge is 0.254 e. The molecule has 62 valence electrons. The number of thiocarbonyl (C=S) groups is 1. The van der Waals surface area contributed by atoms with E-state index in [9.17, 15) is 4.79 Å². The molecule has 12 heavy (non-hydrogen) atoms. The zero-order chi connectivity index (χ0) is 8.55. The fourth-order valence-corrected chi connectivity index (χ4v) is 1.87. The third-order valence-electron chi connectivity index (χ3n) is 1.51. The molecule has 0 saturated carbocycles. The van der Waals surface area contributed by atoms with Crippen molar-refractivity contribution in [1.82, 2.24) is 15.6 Å². The van der Waals surface area contributed by atoms with Gasteiger partial charge in [-0.05, 0) is 12.2 Å². The summed E-state index contributed by atoms with van der Waals surface area (Å²) in [6.07, 6.45) is 1.66. The van der Waals surface area contributed by atoms with Crippen LogP contribution in [-0.2, 0) is 4.79 Å². The highest BCUT2D eigenvalue weighted by atomic mass is 32.1. The van der Waals surface area contributed by atoms with Gasteiger partial charge >= 0.3 is 0 Å². The minimum absolute atomic E-state index is 0.107. The van der Waals surface area contributed by atoms with Gasteiger partial charge in [0, 0.05) is 6.20 Å². The van der Waals surface area contributed by atoms with Crippen LogP contribution in [0.5, 0.6) is 0 Å². The SMILES string of the molecule is O=C1NC(=S)NC1c1cncs1. The third kappa shape index (κ3) is 1.19. The summed E-state index contributed by atoms with van der Waals surface area (Å²) in [5.41, 5.74) is 1.69. The maximum Gasteiger partial charge on any atom is 0.254 e. The molecule has 0 spiro atoms. The van der Waals surface area contributed by atoms with Crippen LogP contribution in [0.3, 0.4) is 0 Å². The van der Waals surface area contributed by atoms with Gasteiger partial charge in [0.05, 0.1) is 10.4 Å². The number of carbonyl (C=O) groups is 1. The fraction of sp³-hybridized carbons (Fsp3) is 0.167. The molecule has 1 aromatic rings. The zero-order valence-corrected chi connectivity index (χ0v) is 7.54. The van der Waals surface area contributed by atoms with Gasteiger partial charge < -0.3 is 10.6 Å². The number of rotatable bonds is 1. The van der Waals surface area contributed by atoms with Crippen molar-refractivity contribution in [2.24, 2.45) is 0 Å². The number of aromatic nitrogens is 1. The lowest BCUT2D eigenvalue weighted by Gasteiger charge is -2.01. The quantitative estimate of drug-likeness (QED) is 0.634. The van der Waals surface area contributed by atoms with Crippen LogP contribution in [0.4, 0.5) is 0 Å². The summed E-state index contributed by atoms with van der Waals surface area (Å²) >= 11 is 6.22. The van der Waals surface area contributed by atoms with Crippen molar-refractivity contribution in [2.45, 2.75) is 6.04 Å². The Hall–Kier alpha value is -1.01. The molecule has 1 unspecified atom stereocenters. The van der Waals surface area contributed by atoms with Gasteiger partial charge in [-0.3, -0.25) is 9.78 Å². The van der Waals surface area contributed by atoms with E-state index in [2.05, 4.69) is 15.6 Å². The highest BCUT2D eigenvalue weighted by Crippen LogP contribution is 2.19. The predicted octanol–water partition coefficient (Wildman–Crippen LogP) is 0.188. The van der Waals surface area contributed by atoms with Crippen molar-refractivity contribution in [3.8, 4) is 0 Å². The van der Waals surface area contributed by atoms with Crippen molar-refractivity contribution in [1.29, 1.82) is 0 Å². The molecule has 4 nitrogen and oxygen atoms in total. The van der Waals surface area contributed by atoms with E-state index in [1.807, 2.05) is 0 Å². The Morgan fingerprint density at radius 1 is 1.67 bits per heavy atom. The first-order valence-corrected chi connectivity index (χ1v) is 4.56. The van der Waals surface area contributed by atoms with E-state index in [1.165, 1.54) is 11.3 Å². The second kappa shape index (κ2) is 2.80. The molecule has 2 N–H and O–H groups in total. The van der Waals surface area contributed by atoms with Gasteiger partial charge in [-0.25, -0.2) is 0 Å².